The highest BCUT2D eigenvalue weighted by Gasteiger charge is 2.63. The third kappa shape index (κ3) is 2.07. The van der Waals surface area contributed by atoms with Gasteiger partial charge in [0.2, 0.25) is 11.7 Å². The minimum Gasteiger partial charge on any atom is -0.368 e. The van der Waals surface area contributed by atoms with Crippen LogP contribution in [-0.2, 0) is 29.8 Å². The maximum atomic E-state index is 6.42. The Kier molecular flexibility index (Phi) is 3.35. The van der Waals surface area contributed by atoms with Crippen LogP contribution in [0, 0.1) is 12.3 Å². The molecule has 0 aromatic heterocycles. The third-order valence-electron chi connectivity index (χ3n) is 6.31. The van der Waals surface area contributed by atoms with E-state index in [0.29, 0.717) is 5.96 Å². The van der Waals surface area contributed by atoms with Gasteiger partial charge < -0.3 is 5.73 Å². The van der Waals surface area contributed by atoms with Crippen molar-refractivity contribution in [3.05, 3.63) is 68.7 Å². The average Bonchev–Trinajstić information content (AvgIpc) is 3.04. The van der Waals surface area contributed by atoms with Crippen LogP contribution in [0.4, 0.5) is 0 Å². The lowest BCUT2D eigenvalue weighted by Crippen LogP contribution is -2.47. The number of fused-ring (bicyclic) bond motifs is 4. The van der Waals surface area contributed by atoms with Crippen LogP contribution >= 0.6 is 15.9 Å². The van der Waals surface area contributed by atoms with Gasteiger partial charge in [0.25, 0.3) is 0 Å². The second-order valence-electron chi connectivity index (χ2n) is 7.91. The topological polar surface area (TPSA) is 50.8 Å². The average molecular weight is 412 g/mol. The molecule has 5 heteroatoms. The second-order valence-corrected chi connectivity index (χ2v) is 8.83. The van der Waals surface area contributed by atoms with E-state index in [4.69, 9.17) is 15.6 Å². The molecule has 2 aliphatic carbocycles. The fraction of sp³-hybridized carbons (Fsp3) is 0.381. The van der Waals surface area contributed by atoms with E-state index < -0.39 is 5.72 Å². The van der Waals surface area contributed by atoms with Crippen molar-refractivity contribution >= 4 is 21.9 Å². The van der Waals surface area contributed by atoms with Crippen molar-refractivity contribution in [2.24, 2.45) is 16.1 Å². The lowest BCUT2D eigenvalue weighted by atomic mass is 9.65. The normalized spacial score (nSPS) is 29.2. The fourth-order valence-corrected chi connectivity index (χ4v) is 5.40. The summed E-state index contributed by atoms with van der Waals surface area (Å²) in [7, 11) is 1.84. The van der Waals surface area contributed by atoms with E-state index in [2.05, 4.69) is 59.3 Å². The summed E-state index contributed by atoms with van der Waals surface area (Å²) < 4.78 is 1.05. The van der Waals surface area contributed by atoms with Crippen LogP contribution in [0.5, 0.6) is 0 Å². The monoisotopic (exact) mass is 411 g/mol. The van der Waals surface area contributed by atoms with E-state index in [1.165, 1.54) is 22.3 Å². The summed E-state index contributed by atoms with van der Waals surface area (Å²) >= 11 is 3.62. The number of hydrogen-bond acceptors (Lipinski definition) is 4. The Morgan fingerprint density at radius 3 is 2.65 bits per heavy atom. The molecular formula is C21H22BrN3O. The van der Waals surface area contributed by atoms with Gasteiger partial charge in [-0.25, -0.2) is 14.9 Å². The Balaban J connectivity index is 1.69. The van der Waals surface area contributed by atoms with Gasteiger partial charge in [0.15, 0.2) is 0 Å². The first-order chi connectivity index (χ1) is 12.4. The summed E-state index contributed by atoms with van der Waals surface area (Å²) in [6.07, 6.45) is 4.02. The van der Waals surface area contributed by atoms with Gasteiger partial charge in [0, 0.05) is 22.5 Å². The van der Waals surface area contributed by atoms with Crippen molar-refractivity contribution in [2.45, 2.75) is 38.3 Å². The zero-order valence-electron chi connectivity index (χ0n) is 15.1. The number of hydrogen-bond donors (Lipinski definition) is 1. The molecule has 0 amide bonds. The lowest BCUT2D eigenvalue weighted by Gasteiger charge is -2.44. The number of aliphatic imine (C=N–C) groups is 1. The molecule has 3 aliphatic rings. The smallest absolute Gasteiger partial charge is 0.221 e. The van der Waals surface area contributed by atoms with Crippen LogP contribution in [-0.4, -0.2) is 18.1 Å². The van der Waals surface area contributed by atoms with Gasteiger partial charge in [-0.1, -0.05) is 45.8 Å². The molecule has 0 saturated carbocycles. The van der Waals surface area contributed by atoms with Gasteiger partial charge in [0.1, 0.15) is 0 Å². The second kappa shape index (κ2) is 5.33. The highest BCUT2D eigenvalue weighted by atomic mass is 79.9. The Labute approximate surface area is 162 Å². The molecule has 0 bridgehead atoms. The molecule has 134 valence electrons. The molecular weight excluding hydrogens is 390 g/mol. The number of nitrogens with two attached hydrogens (primary N) is 1. The van der Waals surface area contributed by atoms with Crippen LogP contribution in [0.3, 0.4) is 0 Å². The first-order valence-electron chi connectivity index (χ1n) is 9.08. The highest BCUT2D eigenvalue weighted by Crippen LogP contribution is 2.61. The molecule has 2 spiro atoms. The maximum Gasteiger partial charge on any atom is 0.221 e. The van der Waals surface area contributed by atoms with Gasteiger partial charge in [0.05, 0.1) is 0 Å². The van der Waals surface area contributed by atoms with Crippen molar-refractivity contribution in [3.8, 4) is 0 Å². The zero-order chi connectivity index (χ0) is 18.1. The molecule has 26 heavy (non-hydrogen) atoms. The Morgan fingerprint density at radius 1 is 1.12 bits per heavy atom. The Morgan fingerprint density at radius 2 is 1.88 bits per heavy atom. The van der Waals surface area contributed by atoms with Crippen molar-refractivity contribution < 1.29 is 4.84 Å². The number of hydroxylamine groups is 2. The molecule has 0 radical (unpaired) electrons. The van der Waals surface area contributed by atoms with E-state index in [9.17, 15) is 0 Å². The van der Waals surface area contributed by atoms with Crippen LogP contribution < -0.4 is 5.73 Å². The van der Waals surface area contributed by atoms with Crippen LogP contribution in [0.2, 0.25) is 0 Å². The summed E-state index contributed by atoms with van der Waals surface area (Å²) in [5.74, 6) is 0.451. The number of benzene rings is 2. The Bertz CT molecular complexity index is 956. The molecule has 1 heterocycles. The maximum absolute atomic E-state index is 6.42. The molecule has 2 N–H and O–H groups in total. The number of aryl methyl sites for hydroxylation is 2. The van der Waals surface area contributed by atoms with Gasteiger partial charge in [-0.05, 0) is 61.4 Å². The summed E-state index contributed by atoms with van der Waals surface area (Å²) in [6.45, 7) is 2.16. The summed E-state index contributed by atoms with van der Waals surface area (Å²) in [5.41, 5.74) is 12.0. The molecule has 2 atom stereocenters. The molecule has 4 nitrogen and oxygen atoms in total. The van der Waals surface area contributed by atoms with Crippen LogP contribution in [0.1, 0.15) is 34.2 Å². The lowest BCUT2D eigenvalue weighted by molar-refractivity contribution is -0.224. The summed E-state index contributed by atoms with van der Waals surface area (Å²) in [5, 5.41) is 1.63. The predicted octanol–water partition coefficient (Wildman–Crippen LogP) is 3.83. The quantitative estimate of drug-likeness (QED) is 0.716. The first-order valence-corrected chi connectivity index (χ1v) is 9.87. The Hall–Kier alpha value is -1.85. The minimum absolute atomic E-state index is 0.103. The van der Waals surface area contributed by atoms with E-state index >= 15 is 0 Å². The van der Waals surface area contributed by atoms with Gasteiger partial charge >= 0.3 is 0 Å². The van der Waals surface area contributed by atoms with E-state index in [0.717, 1.165) is 35.7 Å². The van der Waals surface area contributed by atoms with Crippen molar-refractivity contribution in [2.75, 3.05) is 7.05 Å². The standard InChI is InChI=1S/C21H22BrN3O/c1-13-3-4-15-11-20(8-7-14(15)9-13)12-16-5-6-17(22)10-18(16)21(20)24-19(23)25(2)26-21/h3-6,9-10H,7-8,11-12H2,1-2H3,(H2,23,24). The fourth-order valence-electron chi connectivity index (χ4n) is 5.04. The van der Waals surface area contributed by atoms with E-state index in [-0.39, 0.29) is 5.41 Å². The summed E-state index contributed by atoms with van der Waals surface area (Å²) in [6, 6.07) is 13.3. The molecule has 1 aliphatic heterocycles. The van der Waals surface area contributed by atoms with Crippen molar-refractivity contribution in [1.82, 2.24) is 5.06 Å². The predicted molar refractivity (Wildman–Crippen MR) is 106 cm³/mol. The van der Waals surface area contributed by atoms with Crippen molar-refractivity contribution in [1.29, 1.82) is 0 Å². The van der Waals surface area contributed by atoms with E-state index in [1.54, 1.807) is 5.06 Å². The minimum atomic E-state index is -0.729. The third-order valence-corrected chi connectivity index (χ3v) is 6.81. The number of nitrogens with zero attached hydrogens (tertiary/aromatic N) is 2. The van der Waals surface area contributed by atoms with Gasteiger partial charge in [-0.15, -0.1) is 0 Å². The zero-order valence-corrected chi connectivity index (χ0v) is 16.6. The molecule has 2 unspecified atom stereocenters. The van der Waals surface area contributed by atoms with Crippen LogP contribution in [0.15, 0.2) is 45.9 Å². The molecule has 0 fully saturated rings. The number of rotatable bonds is 0. The SMILES string of the molecule is Cc1ccc2c(c1)CCC1(C2)Cc2ccc(Br)cc2C12N=C(N)N(C)O2. The molecule has 5 rings (SSSR count). The first kappa shape index (κ1) is 16.3. The van der Waals surface area contributed by atoms with Gasteiger partial charge in [-0.3, -0.25) is 0 Å². The molecule has 2 aromatic rings. The van der Waals surface area contributed by atoms with E-state index in [1.807, 2.05) is 7.05 Å². The summed E-state index contributed by atoms with van der Waals surface area (Å²) in [4.78, 5) is 11.3. The largest absolute Gasteiger partial charge is 0.368 e. The molecule has 2 aromatic carbocycles. The number of guanidine groups is 1. The molecule has 0 saturated heterocycles. The highest BCUT2D eigenvalue weighted by molar-refractivity contribution is 9.10. The number of halogens is 1. The van der Waals surface area contributed by atoms with Gasteiger partial charge in [-0.2, -0.15) is 0 Å². The van der Waals surface area contributed by atoms with Crippen molar-refractivity contribution in [3.63, 3.8) is 0 Å². The van der Waals surface area contributed by atoms with Crippen LogP contribution in [0.25, 0.3) is 0 Å².